The third kappa shape index (κ3) is 3.96. The Bertz CT molecular complexity index is 683. The smallest absolute Gasteiger partial charge is 0.251 e. The van der Waals surface area contributed by atoms with Crippen molar-refractivity contribution in [1.82, 2.24) is 9.78 Å². The van der Waals surface area contributed by atoms with Crippen molar-refractivity contribution < 1.29 is 9.59 Å². The molecule has 0 saturated heterocycles. The lowest BCUT2D eigenvalue weighted by molar-refractivity contribution is -0.116. The van der Waals surface area contributed by atoms with E-state index >= 15 is 0 Å². The van der Waals surface area contributed by atoms with Crippen molar-refractivity contribution in [2.45, 2.75) is 13.0 Å². The molecule has 0 fully saturated rings. The van der Waals surface area contributed by atoms with Gasteiger partial charge >= 0.3 is 0 Å². The number of nitrogens with zero attached hydrogens (tertiary/aromatic N) is 2. The first-order chi connectivity index (χ1) is 9.95. The molecule has 0 radical (unpaired) electrons. The molecule has 7 nitrogen and oxygen atoms in total. The number of anilines is 2. The van der Waals surface area contributed by atoms with Crippen LogP contribution in [0.15, 0.2) is 30.6 Å². The van der Waals surface area contributed by atoms with E-state index < -0.39 is 5.91 Å². The second kappa shape index (κ2) is 6.27. The van der Waals surface area contributed by atoms with Crippen LogP contribution in [0, 0.1) is 0 Å². The van der Waals surface area contributed by atoms with E-state index in [0.717, 1.165) is 0 Å². The first-order valence-corrected chi connectivity index (χ1v) is 6.50. The lowest BCUT2D eigenvalue weighted by atomic mass is 10.2. The van der Waals surface area contributed by atoms with E-state index in [1.807, 2.05) is 0 Å². The van der Waals surface area contributed by atoms with Gasteiger partial charge in [0.25, 0.3) is 5.91 Å². The van der Waals surface area contributed by atoms with Crippen LogP contribution in [0.5, 0.6) is 0 Å². The molecular formula is C13H14ClN5O2. The summed E-state index contributed by atoms with van der Waals surface area (Å²) in [6.07, 6.45) is 3.05. The fraction of sp³-hybridized carbons (Fsp3) is 0.154. The minimum Gasteiger partial charge on any atom is -0.397 e. The van der Waals surface area contributed by atoms with Crippen molar-refractivity contribution in [2.24, 2.45) is 5.73 Å². The molecule has 110 valence electrons. The number of primary amides is 1. The van der Waals surface area contributed by atoms with Crippen molar-refractivity contribution in [2.75, 3.05) is 11.1 Å². The van der Waals surface area contributed by atoms with Gasteiger partial charge in [0.1, 0.15) is 0 Å². The number of rotatable bonds is 5. The molecule has 2 rings (SSSR count). The van der Waals surface area contributed by atoms with Crippen molar-refractivity contribution in [1.29, 1.82) is 0 Å². The van der Waals surface area contributed by atoms with Crippen LogP contribution >= 0.6 is 11.6 Å². The summed E-state index contributed by atoms with van der Waals surface area (Å²) in [6, 6.07) is 4.86. The second-order valence-electron chi connectivity index (χ2n) is 4.39. The number of nitrogens with one attached hydrogen (secondary N) is 1. The Morgan fingerprint density at radius 3 is 2.76 bits per heavy atom. The van der Waals surface area contributed by atoms with Gasteiger partial charge in [-0.15, -0.1) is 0 Å². The number of amides is 2. The van der Waals surface area contributed by atoms with Gasteiger partial charge in [0.05, 0.1) is 22.5 Å². The lowest BCUT2D eigenvalue weighted by Gasteiger charge is -2.07. The molecule has 1 aromatic carbocycles. The average molecular weight is 308 g/mol. The van der Waals surface area contributed by atoms with Crippen molar-refractivity contribution in [3.63, 3.8) is 0 Å². The quantitative estimate of drug-likeness (QED) is 0.721. The molecule has 0 saturated carbocycles. The number of hydrogen-bond donors (Lipinski definition) is 3. The molecule has 0 atom stereocenters. The van der Waals surface area contributed by atoms with Gasteiger partial charge in [0, 0.05) is 24.8 Å². The average Bonchev–Trinajstić information content (AvgIpc) is 2.90. The normalized spacial score (nSPS) is 10.3. The second-order valence-corrected chi connectivity index (χ2v) is 4.80. The molecule has 0 aliphatic heterocycles. The summed E-state index contributed by atoms with van der Waals surface area (Å²) < 4.78 is 1.48. The number of nitrogen functional groups attached to an aromatic ring is 1. The molecule has 0 aliphatic rings. The zero-order chi connectivity index (χ0) is 15.4. The highest BCUT2D eigenvalue weighted by molar-refractivity contribution is 6.33. The summed E-state index contributed by atoms with van der Waals surface area (Å²) in [4.78, 5) is 22.7. The van der Waals surface area contributed by atoms with Gasteiger partial charge in [-0.1, -0.05) is 11.6 Å². The zero-order valence-corrected chi connectivity index (χ0v) is 11.8. The van der Waals surface area contributed by atoms with Gasteiger partial charge in [-0.05, 0) is 18.2 Å². The fourth-order valence-electron chi connectivity index (χ4n) is 1.67. The van der Waals surface area contributed by atoms with Crippen LogP contribution in [0.1, 0.15) is 16.8 Å². The molecular weight excluding hydrogens is 294 g/mol. The van der Waals surface area contributed by atoms with E-state index in [4.69, 9.17) is 23.1 Å². The number of aromatic nitrogens is 2. The van der Waals surface area contributed by atoms with Crippen molar-refractivity contribution in [3.05, 3.63) is 41.2 Å². The Morgan fingerprint density at radius 2 is 2.14 bits per heavy atom. The lowest BCUT2D eigenvalue weighted by Crippen LogP contribution is -2.15. The molecule has 2 amide bonds. The molecule has 0 spiro atoms. The van der Waals surface area contributed by atoms with E-state index in [1.54, 1.807) is 18.2 Å². The predicted molar refractivity (Wildman–Crippen MR) is 79.9 cm³/mol. The molecule has 1 aromatic heterocycles. The van der Waals surface area contributed by atoms with Gasteiger partial charge in [-0.25, -0.2) is 0 Å². The first kappa shape index (κ1) is 14.9. The van der Waals surface area contributed by atoms with Crippen LogP contribution in [0.3, 0.4) is 0 Å². The largest absolute Gasteiger partial charge is 0.397 e. The van der Waals surface area contributed by atoms with Crippen LogP contribution in [0.2, 0.25) is 5.02 Å². The number of nitrogens with two attached hydrogens (primary N) is 2. The maximum absolute atomic E-state index is 11.8. The summed E-state index contributed by atoms with van der Waals surface area (Å²) in [5.74, 6) is -0.754. The van der Waals surface area contributed by atoms with E-state index in [2.05, 4.69) is 10.4 Å². The van der Waals surface area contributed by atoms with E-state index in [9.17, 15) is 9.59 Å². The molecule has 21 heavy (non-hydrogen) atoms. The first-order valence-electron chi connectivity index (χ1n) is 6.13. The molecule has 2 aromatic rings. The maximum atomic E-state index is 11.8. The Morgan fingerprint density at radius 1 is 1.38 bits per heavy atom. The topological polar surface area (TPSA) is 116 Å². The highest BCUT2D eigenvalue weighted by Gasteiger charge is 2.07. The highest BCUT2D eigenvalue weighted by atomic mass is 35.5. The van der Waals surface area contributed by atoms with Gasteiger partial charge in [-0.2, -0.15) is 5.10 Å². The predicted octanol–water partition coefficient (Wildman–Crippen LogP) is 1.25. The maximum Gasteiger partial charge on any atom is 0.251 e. The van der Waals surface area contributed by atoms with E-state index in [1.165, 1.54) is 17.1 Å². The van der Waals surface area contributed by atoms with Gasteiger partial charge < -0.3 is 16.8 Å². The standard InChI is InChI=1S/C13H14ClN5O2/c14-10-2-1-9(5-11(10)15)18-12(20)3-4-19-7-8(6-17-19)13(16)21/h1-2,5-7H,3-4,15H2,(H2,16,21)(H,18,20). The van der Waals surface area contributed by atoms with Crippen LogP contribution in [0.25, 0.3) is 0 Å². The monoisotopic (exact) mass is 307 g/mol. The fourth-order valence-corrected chi connectivity index (χ4v) is 1.79. The Hall–Kier alpha value is -2.54. The summed E-state index contributed by atoms with van der Waals surface area (Å²) >= 11 is 5.80. The summed E-state index contributed by atoms with van der Waals surface area (Å²) in [5.41, 5.74) is 12.0. The number of halogens is 1. The van der Waals surface area contributed by atoms with Crippen LogP contribution in [-0.2, 0) is 11.3 Å². The highest BCUT2D eigenvalue weighted by Crippen LogP contribution is 2.22. The number of carbonyl (C=O) groups is 2. The van der Waals surface area contributed by atoms with E-state index in [0.29, 0.717) is 28.5 Å². The summed E-state index contributed by atoms with van der Waals surface area (Å²) in [5, 5.41) is 7.07. The number of benzene rings is 1. The minimum absolute atomic E-state index is 0.197. The van der Waals surface area contributed by atoms with Crippen LogP contribution in [-0.4, -0.2) is 21.6 Å². The van der Waals surface area contributed by atoms with E-state index in [-0.39, 0.29) is 12.3 Å². The summed E-state index contributed by atoms with van der Waals surface area (Å²) in [6.45, 7) is 0.336. The Labute approximate surface area is 125 Å². The van der Waals surface area contributed by atoms with Gasteiger partial charge in [0.2, 0.25) is 5.91 Å². The molecule has 0 unspecified atom stereocenters. The zero-order valence-electron chi connectivity index (χ0n) is 11.0. The van der Waals surface area contributed by atoms with Crippen molar-refractivity contribution in [3.8, 4) is 0 Å². The number of hydrogen-bond acceptors (Lipinski definition) is 4. The Kier molecular flexibility index (Phi) is 4.44. The van der Waals surface area contributed by atoms with Gasteiger partial charge in [-0.3, -0.25) is 14.3 Å². The third-order valence-corrected chi connectivity index (χ3v) is 3.11. The van der Waals surface area contributed by atoms with Crippen molar-refractivity contribution >= 4 is 34.8 Å². The van der Waals surface area contributed by atoms with Gasteiger partial charge in [0.15, 0.2) is 0 Å². The molecule has 5 N–H and O–H groups in total. The molecule has 0 aliphatic carbocycles. The van der Waals surface area contributed by atoms with Crippen LogP contribution in [0.4, 0.5) is 11.4 Å². The number of aryl methyl sites for hydroxylation is 1. The third-order valence-electron chi connectivity index (χ3n) is 2.77. The SMILES string of the molecule is NC(=O)c1cnn(CCC(=O)Nc2ccc(Cl)c(N)c2)c1. The molecule has 0 bridgehead atoms. The van der Waals surface area contributed by atoms with Crippen LogP contribution < -0.4 is 16.8 Å². The Balaban J connectivity index is 1.89. The molecule has 1 heterocycles. The summed E-state index contributed by atoms with van der Waals surface area (Å²) in [7, 11) is 0. The number of carbonyl (C=O) groups excluding carboxylic acids is 2. The molecule has 8 heteroatoms. The minimum atomic E-state index is -0.553.